The summed E-state index contributed by atoms with van der Waals surface area (Å²) in [5, 5.41) is 18.7. The number of nitrogen functional groups attached to an aromatic ring is 1. The maximum Gasteiger partial charge on any atom is 0.342 e. The summed E-state index contributed by atoms with van der Waals surface area (Å²) in [6.07, 6.45) is 0. The number of carboxylic acids is 2. The Balaban J connectivity index is 3.03. The molecule has 0 spiro atoms. The molecule has 1 aromatic heterocycles. The summed E-state index contributed by atoms with van der Waals surface area (Å²) in [7, 11) is 1.40. The Bertz CT molecular complexity index is 874. The Kier molecular flexibility index (Phi) is 4.41. The van der Waals surface area contributed by atoms with Gasteiger partial charge in [0.05, 0.1) is 7.11 Å². The third kappa shape index (κ3) is 2.90. The second-order valence-corrected chi connectivity index (χ2v) is 5.30. The molecule has 5 N–H and O–H groups in total. The SMILES string of the molecule is COc1ccc(Br)c(-c2c(C(=O)O)c(N)[nH]c(=O)c2C(=O)O)c1. The number of H-pyrrole nitrogens is 1. The van der Waals surface area contributed by atoms with Crippen LogP contribution in [0.5, 0.6) is 5.75 Å². The molecule has 0 bridgehead atoms. The number of aromatic amines is 1. The molecule has 120 valence electrons. The second kappa shape index (κ2) is 6.13. The van der Waals surface area contributed by atoms with E-state index in [1.54, 1.807) is 12.1 Å². The van der Waals surface area contributed by atoms with Crippen LogP contribution in [-0.4, -0.2) is 34.2 Å². The highest BCUT2D eigenvalue weighted by Crippen LogP contribution is 2.36. The van der Waals surface area contributed by atoms with E-state index in [-0.39, 0.29) is 11.1 Å². The van der Waals surface area contributed by atoms with Crippen molar-refractivity contribution in [1.82, 2.24) is 4.98 Å². The number of anilines is 1. The number of methoxy groups -OCH3 is 1. The standard InChI is InChI=1S/C14H11BrN2O6/c1-23-5-2-3-7(15)6(4-5)8-9(13(19)20)11(16)17-12(18)10(8)14(21)22/h2-4H,1H3,(H,19,20)(H,21,22)(H3,16,17,18). The predicted molar refractivity (Wildman–Crippen MR) is 85.1 cm³/mol. The molecule has 1 heterocycles. The molecule has 8 nitrogen and oxygen atoms in total. The largest absolute Gasteiger partial charge is 0.497 e. The third-order valence-corrected chi connectivity index (χ3v) is 3.81. The lowest BCUT2D eigenvalue weighted by atomic mass is 9.95. The Morgan fingerprint density at radius 2 is 1.83 bits per heavy atom. The van der Waals surface area contributed by atoms with Gasteiger partial charge in [0.25, 0.3) is 5.56 Å². The lowest BCUT2D eigenvalue weighted by Crippen LogP contribution is -2.24. The van der Waals surface area contributed by atoms with Gasteiger partial charge in [0.15, 0.2) is 0 Å². The predicted octanol–water partition coefficient (Wildman–Crippen LogP) is 1.79. The Labute approximate surface area is 137 Å². The maximum atomic E-state index is 12.0. The van der Waals surface area contributed by atoms with Crippen LogP contribution in [0, 0.1) is 0 Å². The van der Waals surface area contributed by atoms with Crippen molar-refractivity contribution in [3.8, 4) is 16.9 Å². The Morgan fingerprint density at radius 3 is 2.35 bits per heavy atom. The van der Waals surface area contributed by atoms with Crippen molar-refractivity contribution in [3.05, 3.63) is 44.2 Å². The lowest BCUT2D eigenvalue weighted by molar-refractivity contribution is 0.0695. The van der Waals surface area contributed by atoms with Crippen molar-refractivity contribution in [1.29, 1.82) is 0 Å². The first-order chi connectivity index (χ1) is 10.8. The summed E-state index contributed by atoms with van der Waals surface area (Å²) >= 11 is 3.22. The summed E-state index contributed by atoms with van der Waals surface area (Å²) in [6, 6.07) is 4.55. The maximum absolute atomic E-state index is 12.0. The molecular weight excluding hydrogens is 372 g/mol. The van der Waals surface area contributed by atoms with Crippen LogP contribution in [0.2, 0.25) is 0 Å². The molecule has 0 saturated heterocycles. The van der Waals surface area contributed by atoms with Crippen molar-refractivity contribution < 1.29 is 24.5 Å². The third-order valence-electron chi connectivity index (χ3n) is 3.12. The van der Waals surface area contributed by atoms with Crippen LogP contribution in [-0.2, 0) is 0 Å². The number of rotatable bonds is 4. The summed E-state index contributed by atoms with van der Waals surface area (Å²) < 4.78 is 5.44. The summed E-state index contributed by atoms with van der Waals surface area (Å²) in [5.41, 5.74) is 3.23. The summed E-state index contributed by atoms with van der Waals surface area (Å²) in [5.74, 6) is -3.11. The van der Waals surface area contributed by atoms with E-state index in [4.69, 9.17) is 10.5 Å². The van der Waals surface area contributed by atoms with Gasteiger partial charge in [0, 0.05) is 15.6 Å². The lowest BCUT2D eigenvalue weighted by Gasteiger charge is -2.14. The highest BCUT2D eigenvalue weighted by atomic mass is 79.9. The number of aromatic carboxylic acids is 2. The summed E-state index contributed by atoms with van der Waals surface area (Å²) in [6.45, 7) is 0. The molecule has 23 heavy (non-hydrogen) atoms. The van der Waals surface area contributed by atoms with Crippen LogP contribution in [0.3, 0.4) is 0 Å². The van der Waals surface area contributed by atoms with Crippen molar-refractivity contribution in [3.63, 3.8) is 0 Å². The quantitative estimate of drug-likeness (QED) is 0.630. The number of benzene rings is 1. The first kappa shape index (κ1) is 16.6. The zero-order valence-corrected chi connectivity index (χ0v) is 13.3. The molecule has 0 aliphatic rings. The first-order valence-electron chi connectivity index (χ1n) is 6.14. The zero-order valence-electron chi connectivity index (χ0n) is 11.7. The molecule has 0 amide bonds. The Hall–Kier alpha value is -2.81. The van der Waals surface area contributed by atoms with Crippen LogP contribution in [0.25, 0.3) is 11.1 Å². The van der Waals surface area contributed by atoms with Gasteiger partial charge >= 0.3 is 11.9 Å². The van der Waals surface area contributed by atoms with Crippen molar-refractivity contribution in [2.24, 2.45) is 0 Å². The van der Waals surface area contributed by atoms with Crippen LogP contribution >= 0.6 is 15.9 Å². The molecular formula is C14H11BrN2O6. The van der Waals surface area contributed by atoms with Crippen LogP contribution in [0.1, 0.15) is 20.7 Å². The molecule has 0 atom stereocenters. The molecule has 1 aromatic carbocycles. The number of ether oxygens (including phenoxy) is 1. The van der Waals surface area contributed by atoms with Crippen LogP contribution in [0.4, 0.5) is 5.82 Å². The van der Waals surface area contributed by atoms with Gasteiger partial charge in [-0.05, 0) is 18.2 Å². The number of hydrogen-bond donors (Lipinski definition) is 4. The van der Waals surface area contributed by atoms with E-state index in [0.717, 1.165) is 0 Å². The van der Waals surface area contributed by atoms with Gasteiger partial charge in [-0.1, -0.05) is 15.9 Å². The highest BCUT2D eigenvalue weighted by Gasteiger charge is 2.27. The van der Waals surface area contributed by atoms with E-state index in [1.807, 2.05) is 4.98 Å². The number of pyridine rings is 1. The molecule has 2 aromatic rings. The van der Waals surface area contributed by atoms with Crippen molar-refractivity contribution >= 4 is 33.7 Å². The molecule has 0 saturated carbocycles. The van der Waals surface area contributed by atoms with Gasteiger partial charge in [0.2, 0.25) is 0 Å². The average Bonchev–Trinajstić information content (AvgIpc) is 2.46. The fraction of sp³-hybridized carbons (Fsp3) is 0.0714. The molecule has 0 radical (unpaired) electrons. The monoisotopic (exact) mass is 382 g/mol. The minimum Gasteiger partial charge on any atom is -0.497 e. The summed E-state index contributed by atoms with van der Waals surface area (Å²) in [4.78, 5) is 37.0. The van der Waals surface area contributed by atoms with Gasteiger partial charge in [-0.3, -0.25) is 4.79 Å². The first-order valence-corrected chi connectivity index (χ1v) is 6.93. The van der Waals surface area contributed by atoms with E-state index in [2.05, 4.69) is 15.9 Å². The molecule has 9 heteroatoms. The number of nitrogens with one attached hydrogen (secondary N) is 1. The van der Waals surface area contributed by atoms with Crippen molar-refractivity contribution in [2.75, 3.05) is 12.8 Å². The van der Waals surface area contributed by atoms with E-state index in [0.29, 0.717) is 10.2 Å². The normalized spacial score (nSPS) is 10.3. The Morgan fingerprint density at radius 1 is 1.22 bits per heavy atom. The van der Waals surface area contributed by atoms with Gasteiger partial charge in [-0.25, -0.2) is 9.59 Å². The van der Waals surface area contributed by atoms with E-state index in [9.17, 15) is 24.6 Å². The van der Waals surface area contributed by atoms with Gasteiger partial charge < -0.3 is 25.7 Å². The molecule has 0 unspecified atom stereocenters. The van der Waals surface area contributed by atoms with Crippen LogP contribution < -0.4 is 16.0 Å². The number of hydrogen-bond acceptors (Lipinski definition) is 5. The van der Waals surface area contributed by atoms with E-state index >= 15 is 0 Å². The van der Waals surface area contributed by atoms with E-state index in [1.165, 1.54) is 13.2 Å². The fourth-order valence-corrected chi connectivity index (χ4v) is 2.58. The molecule has 2 rings (SSSR count). The van der Waals surface area contributed by atoms with Gasteiger partial charge in [-0.15, -0.1) is 0 Å². The number of halogens is 1. The number of aromatic nitrogens is 1. The smallest absolute Gasteiger partial charge is 0.342 e. The van der Waals surface area contributed by atoms with Gasteiger partial charge in [0.1, 0.15) is 22.7 Å². The fourth-order valence-electron chi connectivity index (χ4n) is 2.14. The zero-order chi connectivity index (χ0) is 17.3. The topological polar surface area (TPSA) is 143 Å². The molecule has 0 aliphatic carbocycles. The number of nitrogens with two attached hydrogens (primary N) is 1. The van der Waals surface area contributed by atoms with Crippen molar-refractivity contribution in [2.45, 2.75) is 0 Å². The number of carboxylic acid groups (broad SMARTS) is 2. The molecule has 0 aliphatic heterocycles. The highest BCUT2D eigenvalue weighted by molar-refractivity contribution is 9.10. The number of carbonyl (C=O) groups is 2. The minimum atomic E-state index is -1.57. The average molecular weight is 383 g/mol. The second-order valence-electron chi connectivity index (χ2n) is 4.45. The minimum absolute atomic E-state index is 0.164. The van der Waals surface area contributed by atoms with E-state index < -0.39 is 34.4 Å². The van der Waals surface area contributed by atoms with Gasteiger partial charge in [-0.2, -0.15) is 0 Å². The van der Waals surface area contributed by atoms with Crippen LogP contribution in [0.15, 0.2) is 27.5 Å². The molecule has 0 fully saturated rings.